The number of halogens is 2. The van der Waals surface area contributed by atoms with E-state index >= 15 is 0 Å². The highest BCUT2D eigenvalue weighted by atomic mass is 35.5. The summed E-state index contributed by atoms with van der Waals surface area (Å²) in [5, 5.41) is 5.77. The molecule has 2 aromatic rings. The first-order chi connectivity index (χ1) is 9.97. The number of amides is 1. The molecule has 5 nitrogen and oxygen atoms in total. The SMILES string of the molecule is CC(C)Nc1ncnc(Cl)c1NC(=O)c1cccc(F)c1. The lowest BCUT2D eigenvalue weighted by Gasteiger charge is -2.14. The van der Waals surface area contributed by atoms with Crippen molar-refractivity contribution in [3.63, 3.8) is 0 Å². The molecule has 7 heteroatoms. The van der Waals surface area contributed by atoms with E-state index in [4.69, 9.17) is 11.6 Å². The van der Waals surface area contributed by atoms with Gasteiger partial charge in [-0.15, -0.1) is 0 Å². The molecule has 0 bridgehead atoms. The molecule has 1 aromatic carbocycles. The molecule has 0 spiro atoms. The van der Waals surface area contributed by atoms with Crippen LogP contribution in [-0.4, -0.2) is 21.9 Å². The predicted octanol–water partition coefficient (Wildman–Crippen LogP) is 3.34. The summed E-state index contributed by atoms with van der Waals surface area (Å²) in [4.78, 5) is 20.0. The molecule has 21 heavy (non-hydrogen) atoms. The number of benzene rings is 1. The van der Waals surface area contributed by atoms with Crippen molar-refractivity contribution in [2.45, 2.75) is 19.9 Å². The Labute approximate surface area is 126 Å². The molecule has 1 aromatic heterocycles. The molecule has 1 amide bonds. The molecule has 0 fully saturated rings. The fraction of sp³-hybridized carbons (Fsp3) is 0.214. The maximum absolute atomic E-state index is 13.2. The van der Waals surface area contributed by atoms with E-state index in [9.17, 15) is 9.18 Å². The lowest BCUT2D eigenvalue weighted by molar-refractivity contribution is 0.102. The van der Waals surface area contributed by atoms with Crippen LogP contribution in [0.15, 0.2) is 30.6 Å². The summed E-state index contributed by atoms with van der Waals surface area (Å²) in [6, 6.07) is 5.47. The van der Waals surface area contributed by atoms with Crippen molar-refractivity contribution in [2.24, 2.45) is 0 Å². The molecule has 0 atom stereocenters. The van der Waals surface area contributed by atoms with Crippen LogP contribution < -0.4 is 10.6 Å². The van der Waals surface area contributed by atoms with E-state index < -0.39 is 11.7 Å². The molecule has 0 aliphatic heterocycles. The van der Waals surface area contributed by atoms with Gasteiger partial charge in [0.25, 0.3) is 5.91 Å². The van der Waals surface area contributed by atoms with E-state index in [0.717, 1.165) is 6.07 Å². The number of hydrogen-bond donors (Lipinski definition) is 2. The fourth-order valence-corrected chi connectivity index (χ4v) is 1.85. The van der Waals surface area contributed by atoms with Crippen LogP contribution in [0.3, 0.4) is 0 Å². The molecule has 0 saturated carbocycles. The van der Waals surface area contributed by atoms with Crippen LogP contribution in [0, 0.1) is 5.82 Å². The number of anilines is 2. The Morgan fingerprint density at radius 1 is 1.33 bits per heavy atom. The Kier molecular flexibility index (Phi) is 4.70. The maximum atomic E-state index is 13.2. The van der Waals surface area contributed by atoms with Crippen LogP contribution >= 0.6 is 11.6 Å². The van der Waals surface area contributed by atoms with Crippen molar-refractivity contribution < 1.29 is 9.18 Å². The van der Waals surface area contributed by atoms with E-state index in [1.54, 1.807) is 0 Å². The van der Waals surface area contributed by atoms with Crippen LogP contribution in [0.1, 0.15) is 24.2 Å². The zero-order valence-corrected chi connectivity index (χ0v) is 12.3. The number of carbonyl (C=O) groups is 1. The van der Waals surface area contributed by atoms with E-state index in [-0.39, 0.29) is 22.4 Å². The van der Waals surface area contributed by atoms with Gasteiger partial charge in [-0.3, -0.25) is 4.79 Å². The molecule has 0 aliphatic carbocycles. The Bertz CT molecular complexity index is 663. The summed E-state index contributed by atoms with van der Waals surface area (Å²) in [6.45, 7) is 3.85. The third-order valence-corrected chi connectivity index (χ3v) is 2.84. The van der Waals surface area contributed by atoms with Crippen LogP contribution in [0.5, 0.6) is 0 Å². The molecule has 0 unspecified atom stereocenters. The first-order valence-corrected chi connectivity index (χ1v) is 6.69. The lowest BCUT2D eigenvalue weighted by atomic mass is 10.2. The zero-order valence-electron chi connectivity index (χ0n) is 11.5. The normalized spacial score (nSPS) is 10.5. The van der Waals surface area contributed by atoms with E-state index in [1.807, 2.05) is 13.8 Å². The van der Waals surface area contributed by atoms with Crippen LogP contribution in [0.2, 0.25) is 5.15 Å². The van der Waals surface area contributed by atoms with Crippen molar-refractivity contribution in [1.29, 1.82) is 0 Å². The summed E-state index contributed by atoms with van der Waals surface area (Å²) in [6.07, 6.45) is 1.30. The summed E-state index contributed by atoms with van der Waals surface area (Å²) in [5.74, 6) is -0.564. The molecule has 0 radical (unpaired) electrons. The highest BCUT2D eigenvalue weighted by molar-refractivity contribution is 6.33. The van der Waals surface area contributed by atoms with E-state index in [2.05, 4.69) is 20.6 Å². The number of rotatable bonds is 4. The fourth-order valence-electron chi connectivity index (χ4n) is 1.67. The summed E-state index contributed by atoms with van der Waals surface area (Å²) >= 11 is 6.00. The quantitative estimate of drug-likeness (QED) is 0.850. The number of carbonyl (C=O) groups excluding carboxylic acids is 1. The van der Waals surface area contributed by atoms with Crippen LogP contribution in [0.25, 0.3) is 0 Å². The standard InChI is InChI=1S/C14H14ClFN4O/c1-8(2)19-13-11(12(15)17-7-18-13)20-14(21)9-4-3-5-10(16)6-9/h3-8H,1-2H3,(H,20,21)(H,17,18,19). The molecule has 2 rings (SSSR count). The number of nitrogens with zero attached hydrogens (tertiary/aromatic N) is 2. The molecule has 0 aliphatic rings. The summed E-state index contributed by atoms with van der Waals surface area (Å²) < 4.78 is 13.2. The molecule has 2 N–H and O–H groups in total. The minimum absolute atomic E-state index is 0.0980. The summed E-state index contributed by atoms with van der Waals surface area (Å²) in [7, 11) is 0. The second-order valence-electron chi connectivity index (χ2n) is 4.65. The first kappa shape index (κ1) is 15.2. The van der Waals surface area contributed by atoms with E-state index in [0.29, 0.717) is 5.82 Å². The van der Waals surface area contributed by atoms with Gasteiger partial charge in [0.2, 0.25) is 0 Å². The number of hydrogen-bond acceptors (Lipinski definition) is 4. The van der Waals surface area contributed by atoms with Gasteiger partial charge in [-0.25, -0.2) is 14.4 Å². The number of aromatic nitrogens is 2. The Morgan fingerprint density at radius 3 is 2.76 bits per heavy atom. The second-order valence-corrected chi connectivity index (χ2v) is 5.01. The van der Waals surface area contributed by atoms with Gasteiger partial charge in [-0.1, -0.05) is 17.7 Å². The van der Waals surface area contributed by atoms with Crippen molar-refractivity contribution in [1.82, 2.24) is 9.97 Å². The van der Waals surface area contributed by atoms with Gasteiger partial charge in [0.05, 0.1) is 0 Å². The zero-order chi connectivity index (χ0) is 15.4. The van der Waals surface area contributed by atoms with Gasteiger partial charge in [-0.2, -0.15) is 0 Å². The maximum Gasteiger partial charge on any atom is 0.255 e. The third-order valence-electron chi connectivity index (χ3n) is 2.55. The minimum atomic E-state index is -0.488. The molecular formula is C14H14ClFN4O. The molecular weight excluding hydrogens is 295 g/mol. The van der Waals surface area contributed by atoms with Crippen molar-refractivity contribution >= 4 is 29.0 Å². The predicted molar refractivity (Wildman–Crippen MR) is 80.2 cm³/mol. The average Bonchev–Trinajstić information content (AvgIpc) is 2.42. The van der Waals surface area contributed by atoms with Crippen LogP contribution in [0.4, 0.5) is 15.9 Å². The molecule has 1 heterocycles. The van der Waals surface area contributed by atoms with E-state index in [1.165, 1.54) is 24.5 Å². The van der Waals surface area contributed by atoms with Gasteiger partial charge >= 0.3 is 0 Å². The first-order valence-electron chi connectivity index (χ1n) is 6.31. The highest BCUT2D eigenvalue weighted by Gasteiger charge is 2.15. The van der Waals surface area contributed by atoms with Gasteiger partial charge < -0.3 is 10.6 Å². The minimum Gasteiger partial charge on any atom is -0.366 e. The van der Waals surface area contributed by atoms with Crippen LogP contribution in [-0.2, 0) is 0 Å². The summed E-state index contributed by atoms with van der Waals surface area (Å²) in [5.41, 5.74) is 0.451. The Balaban J connectivity index is 2.28. The molecule has 110 valence electrons. The van der Waals surface area contributed by atoms with Gasteiger partial charge in [-0.05, 0) is 32.0 Å². The smallest absolute Gasteiger partial charge is 0.255 e. The third kappa shape index (κ3) is 3.88. The topological polar surface area (TPSA) is 66.9 Å². The van der Waals surface area contributed by atoms with Gasteiger partial charge in [0.1, 0.15) is 17.8 Å². The highest BCUT2D eigenvalue weighted by Crippen LogP contribution is 2.27. The van der Waals surface area contributed by atoms with Gasteiger partial charge in [0, 0.05) is 11.6 Å². The van der Waals surface area contributed by atoms with Crippen molar-refractivity contribution in [3.8, 4) is 0 Å². The second kappa shape index (κ2) is 6.49. The van der Waals surface area contributed by atoms with Gasteiger partial charge in [0.15, 0.2) is 11.0 Å². The average molecular weight is 309 g/mol. The molecule has 0 saturated heterocycles. The Hall–Kier alpha value is -2.21. The largest absolute Gasteiger partial charge is 0.366 e. The Morgan fingerprint density at radius 2 is 2.10 bits per heavy atom. The van der Waals surface area contributed by atoms with Crippen molar-refractivity contribution in [3.05, 3.63) is 47.1 Å². The number of nitrogens with one attached hydrogen (secondary N) is 2. The lowest BCUT2D eigenvalue weighted by Crippen LogP contribution is -2.18. The monoisotopic (exact) mass is 308 g/mol. The van der Waals surface area contributed by atoms with Crippen molar-refractivity contribution in [2.75, 3.05) is 10.6 Å².